The smallest absolute Gasteiger partial charge is 0.101 e. The Bertz CT molecular complexity index is 610. The normalized spacial score (nSPS) is 14.0. The highest BCUT2D eigenvalue weighted by Gasteiger charge is 2.27. The summed E-state index contributed by atoms with van der Waals surface area (Å²) in [6.07, 6.45) is -0.272. The van der Waals surface area contributed by atoms with Crippen LogP contribution in [-0.2, 0) is 11.3 Å². The Morgan fingerprint density at radius 2 is 1.64 bits per heavy atom. The second kappa shape index (κ2) is 9.71. The Balaban J connectivity index is 2.19. The van der Waals surface area contributed by atoms with Crippen LogP contribution in [0.3, 0.4) is 0 Å². The molecule has 0 spiro atoms. The molecule has 2 aromatic carbocycles. The summed E-state index contributed by atoms with van der Waals surface area (Å²) in [5.74, 6) is 0.548. The number of ether oxygens (including phenoxy) is 1. The molecule has 0 saturated carbocycles. The van der Waals surface area contributed by atoms with E-state index < -0.39 is 0 Å². The number of rotatable bonds is 9. The molecule has 0 aliphatic carbocycles. The zero-order chi connectivity index (χ0) is 18.2. The van der Waals surface area contributed by atoms with Gasteiger partial charge in [-0.25, -0.2) is 0 Å². The van der Waals surface area contributed by atoms with Crippen LogP contribution in [0.4, 0.5) is 0 Å². The van der Waals surface area contributed by atoms with Crippen LogP contribution in [0.1, 0.15) is 36.6 Å². The summed E-state index contributed by atoms with van der Waals surface area (Å²) in [6, 6.07) is 18.7. The van der Waals surface area contributed by atoms with Crippen molar-refractivity contribution in [3.8, 4) is 0 Å². The number of hydrogen-bond donors (Lipinski definition) is 1. The maximum Gasteiger partial charge on any atom is 0.101 e. The van der Waals surface area contributed by atoms with E-state index in [4.69, 9.17) is 4.74 Å². The minimum absolute atomic E-state index is 0.00614. The lowest BCUT2D eigenvalue weighted by Crippen LogP contribution is -2.39. The van der Waals surface area contributed by atoms with Gasteiger partial charge in [-0.1, -0.05) is 74.0 Å². The summed E-state index contributed by atoms with van der Waals surface area (Å²) in [4.78, 5) is 2.29. The molecule has 3 heteroatoms. The maximum atomic E-state index is 10.0. The highest BCUT2D eigenvalue weighted by molar-refractivity contribution is 5.25. The van der Waals surface area contributed by atoms with Crippen molar-refractivity contribution >= 4 is 0 Å². The van der Waals surface area contributed by atoms with Crippen LogP contribution >= 0.6 is 0 Å². The molecule has 0 aromatic heterocycles. The van der Waals surface area contributed by atoms with E-state index in [1.807, 2.05) is 30.3 Å². The lowest BCUT2D eigenvalue weighted by Gasteiger charge is -2.35. The van der Waals surface area contributed by atoms with Crippen molar-refractivity contribution < 1.29 is 9.84 Å². The highest BCUT2D eigenvalue weighted by Crippen LogP contribution is 2.27. The van der Waals surface area contributed by atoms with Gasteiger partial charge < -0.3 is 9.84 Å². The standard InChI is InChI=1S/C22H31NO2/c1-17(2)14-23(4)22(20-12-10-18(3)11-13-20)21(15-24)25-16-19-8-6-5-7-9-19/h5-13,17,21-22,24H,14-16H2,1-4H3/t21-,22-/m1/s1. The van der Waals surface area contributed by atoms with Gasteiger partial charge in [-0.15, -0.1) is 0 Å². The summed E-state index contributed by atoms with van der Waals surface area (Å²) in [7, 11) is 2.11. The average molecular weight is 341 g/mol. The van der Waals surface area contributed by atoms with E-state index >= 15 is 0 Å². The van der Waals surface area contributed by atoms with Gasteiger partial charge in [0, 0.05) is 6.54 Å². The number of aliphatic hydroxyl groups excluding tert-OH is 1. The first-order valence-corrected chi connectivity index (χ1v) is 9.04. The Morgan fingerprint density at radius 3 is 2.20 bits per heavy atom. The lowest BCUT2D eigenvalue weighted by atomic mass is 9.98. The maximum absolute atomic E-state index is 10.0. The summed E-state index contributed by atoms with van der Waals surface area (Å²) in [5.41, 5.74) is 3.54. The largest absolute Gasteiger partial charge is 0.394 e. The van der Waals surface area contributed by atoms with Crippen molar-refractivity contribution in [2.75, 3.05) is 20.2 Å². The molecule has 2 rings (SSSR count). The molecule has 25 heavy (non-hydrogen) atoms. The van der Waals surface area contributed by atoms with Crippen LogP contribution in [0.15, 0.2) is 54.6 Å². The third-order valence-electron chi connectivity index (χ3n) is 4.39. The molecule has 136 valence electrons. The number of aryl methyl sites for hydroxylation is 1. The van der Waals surface area contributed by atoms with E-state index in [1.165, 1.54) is 11.1 Å². The van der Waals surface area contributed by atoms with Crippen LogP contribution < -0.4 is 0 Å². The van der Waals surface area contributed by atoms with Crippen LogP contribution in [-0.4, -0.2) is 36.3 Å². The molecule has 0 aliphatic heterocycles. The molecule has 1 N–H and O–H groups in total. The topological polar surface area (TPSA) is 32.7 Å². The number of nitrogens with zero attached hydrogens (tertiary/aromatic N) is 1. The monoisotopic (exact) mass is 341 g/mol. The van der Waals surface area contributed by atoms with Crippen LogP contribution in [0.5, 0.6) is 0 Å². The van der Waals surface area contributed by atoms with E-state index in [0.717, 1.165) is 12.1 Å². The Morgan fingerprint density at radius 1 is 1.00 bits per heavy atom. The van der Waals surface area contributed by atoms with E-state index in [-0.39, 0.29) is 18.8 Å². The number of hydrogen-bond acceptors (Lipinski definition) is 3. The number of aliphatic hydroxyl groups is 1. The molecule has 0 unspecified atom stereocenters. The zero-order valence-electron chi connectivity index (χ0n) is 15.9. The molecule has 3 nitrogen and oxygen atoms in total. The summed E-state index contributed by atoms with van der Waals surface area (Å²) in [6.45, 7) is 7.95. The van der Waals surface area contributed by atoms with E-state index in [1.54, 1.807) is 0 Å². The fourth-order valence-electron chi connectivity index (χ4n) is 3.23. The first-order valence-electron chi connectivity index (χ1n) is 9.04. The van der Waals surface area contributed by atoms with Gasteiger partial charge in [0.15, 0.2) is 0 Å². The van der Waals surface area contributed by atoms with Crippen molar-refractivity contribution in [1.29, 1.82) is 0 Å². The molecule has 0 fully saturated rings. The van der Waals surface area contributed by atoms with Crippen molar-refractivity contribution in [2.45, 2.75) is 39.5 Å². The first kappa shape index (κ1) is 19.6. The van der Waals surface area contributed by atoms with Crippen molar-refractivity contribution in [3.05, 3.63) is 71.3 Å². The van der Waals surface area contributed by atoms with Gasteiger partial charge in [0.25, 0.3) is 0 Å². The lowest BCUT2D eigenvalue weighted by molar-refractivity contribution is -0.0497. The molecule has 2 atom stereocenters. The van der Waals surface area contributed by atoms with Crippen molar-refractivity contribution in [1.82, 2.24) is 4.90 Å². The van der Waals surface area contributed by atoms with Crippen LogP contribution in [0.2, 0.25) is 0 Å². The Labute approximate surface area is 152 Å². The van der Waals surface area contributed by atoms with Gasteiger partial charge in [0.1, 0.15) is 6.10 Å². The minimum atomic E-state index is -0.272. The first-order chi connectivity index (χ1) is 12.0. The van der Waals surface area contributed by atoms with Gasteiger partial charge >= 0.3 is 0 Å². The van der Waals surface area contributed by atoms with Crippen molar-refractivity contribution in [3.63, 3.8) is 0 Å². The quantitative estimate of drug-likeness (QED) is 0.742. The zero-order valence-corrected chi connectivity index (χ0v) is 15.9. The molecule has 0 saturated heterocycles. The molecular formula is C22H31NO2. The third-order valence-corrected chi connectivity index (χ3v) is 4.39. The Kier molecular flexibility index (Phi) is 7.63. The summed E-state index contributed by atoms with van der Waals surface area (Å²) >= 11 is 0. The molecule has 0 heterocycles. The summed E-state index contributed by atoms with van der Waals surface area (Å²) in [5, 5.41) is 10.0. The minimum Gasteiger partial charge on any atom is -0.394 e. The predicted molar refractivity (Wildman–Crippen MR) is 103 cm³/mol. The second-order valence-electron chi connectivity index (χ2n) is 7.21. The number of benzene rings is 2. The van der Waals surface area contributed by atoms with E-state index in [9.17, 15) is 5.11 Å². The Hall–Kier alpha value is -1.68. The van der Waals surface area contributed by atoms with Crippen LogP contribution in [0, 0.1) is 12.8 Å². The second-order valence-corrected chi connectivity index (χ2v) is 7.21. The van der Waals surface area contributed by atoms with Gasteiger partial charge in [-0.3, -0.25) is 4.90 Å². The molecule has 0 aliphatic rings. The van der Waals surface area contributed by atoms with Gasteiger partial charge in [-0.2, -0.15) is 0 Å². The van der Waals surface area contributed by atoms with Gasteiger partial charge in [0.2, 0.25) is 0 Å². The van der Waals surface area contributed by atoms with E-state index in [2.05, 4.69) is 57.0 Å². The highest BCUT2D eigenvalue weighted by atomic mass is 16.5. The predicted octanol–water partition coefficient (Wildman–Crippen LogP) is 4.20. The fraction of sp³-hybridized carbons (Fsp3) is 0.455. The fourth-order valence-corrected chi connectivity index (χ4v) is 3.23. The molecule has 0 radical (unpaired) electrons. The third kappa shape index (κ3) is 5.96. The van der Waals surface area contributed by atoms with E-state index in [0.29, 0.717) is 12.5 Å². The van der Waals surface area contributed by atoms with Crippen molar-refractivity contribution in [2.24, 2.45) is 5.92 Å². The number of likely N-dealkylation sites (N-methyl/N-ethyl adjacent to an activating group) is 1. The molecule has 0 amide bonds. The molecular weight excluding hydrogens is 310 g/mol. The average Bonchev–Trinajstić information content (AvgIpc) is 2.60. The van der Waals surface area contributed by atoms with Gasteiger partial charge in [-0.05, 0) is 31.0 Å². The molecule has 2 aromatic rings. The molecule has 0 bridgehead atoms. The van der Waals surface area contributed by atoms with Gasteiger partial charge in [0.05, 0.1) is 19.3 Å². The summed E-state index contributed by atoms with van der Waals surface area (Å²) < 4.78 is 6.14. The van der Waals surface area contributed by atoms with Crippen LogP contribution in [0.25, 0.3) is 0 Å². The SMILES string of the molecule is Cc1ccc([C@H]([C@@H](CO)OCc2ccccc2)N(C)CC(C)C)cc1.